The fraction of sp³-hybridized carbons (Fsp3) is 0. The van der Waals surface area contributed by atoms with Crippen LogP contribution in [0, 0.1) is 0 Å². The molecule has 2 aromatic heterocycles. The Morgan fingerprint density at radius 3 is 2.39 bits per heavy atom. The summed E-state index contributed by atoms with van der Waals surface area (Å²) in [6, 6.07) is 18.7. The second-order valence-corrected chi connectivity index (χ2v) is 7.62. The molecule has 138 valence electrons. The van der Waals surface area contributed by atoms with Crippen LogP contribution in [-0.2, 0) is 0 Å². The van der Waals surface area contributed by atoms with E-state index in [4.69, 9.17) is 0 Å². The summed E-state index contributed by atoms with van der Waals surface area (Å²) in [5.41, 5.74) is 4.16. The van der Waals surface area contributed by atoms with Gasteiger partial charge in [0.1, 0.15) is 0 Å². The topological polar surface area (TPSA) is 66.9 Å². The van der Waals surface area contributed by atoms with Crippen LogP contribution in [0.1, 0.15) is 10.4 Å². The molecule has 0 aliphatic carbocycles. The quantitative estimate of drug-likeness (QED) is 0.393. The van der Waals surface area contributed by atoms with Crippen molar-refractivity contribution in [2.75, 3.05) is 10.6 Å². The second-order valence-electron chi connectivity index (χ2n) is 5.91. The molecule has 0 fully saturated rings. The molecule has 0 aliphatic rings. The molecule has 0 spiro atoms. The van der Waals surface area contributed by atoms with Gasteiger partial charge in [0.2, 0.25) is 0 Å². The third-order valence-corrected chi connectivity index (χ3v) is 5.44. The molecule has 7 heteroatoms. The minimum Gasteiger partial charge on any atom is -0.332 e. The lowest BCUT2D eigenvalue weighted by atomic mass is 10.2. The summed E-state index contributed by atoms with van der Waals surface area (Å²) in [7, 11) is 0. The van der Waals surface area contributed by atoms with E-state index in [2.05, 4.69) is 36.5 Å². The third-order valence-electron chi connectivity index (χ3n) is 3.99. The van der Waals surface area contributed by atoms with Crippen molar-refractivity contribution in [3.05, 3.63) is 88.5 Å². The Kier molecular flexibility index (Phi) is 5.45. The molecular weight excluding hydrogens is 436 g/mol. The van der Waals surface area contributed by atoms with E-state index in [0.29, 0.717) is 5.56 Å². The number of rotatable bonds is 5. The number of carbonyl (C=O) groups excluding carboxylic acids is 1. The van der Waals surface area contributed by atoms with E-state index in [1.165, 1.54) is 11.3 Å². The lowest BCUT2D eigenvalue weighted by Crippen LogP contribution is -2.12. The van der Waals surface area contributed by atoms with Gasteiger partial charge in [0.15, 0.2) is 5.13 Å². The zero-order valence-electron chi connectivity index (χ0n) is 14.6. The van der Waals surface area contributed by atoms with Crippen molar-refractivity contribution in [2.24, 2.45) is 0 Å². The molecule has 0 saturated carbocycles. The highest BCUT2D eigenvalue weighted by atomic mass is 79.9. The number of pyridine rings is 1. The van der Waals surface area contributed by atoms with E-state index in [1.807, 2.05) is 60.0 Å². The Morgan fingerprint density at radius 2 is 1.64 bits per heavy atom. The molecule has 0 bridgehead atoms. The molecule has 28 heavy (non-hydrogen) atoms. The number of thiazole rings is 1. The van der Waals surface area contributed by atoms with Crippen LogP contribution in [-0.4, -0.2) is 15.9 Å². The summed E-state index contributed by atoms with van der Waals surface area (Å²) in [6.07, 6.45) is 3.51. The van der Waals surface area contributed by atoms with Crippen LogP contribution in [0.2, 0.25) is 0 Å². The van der Waals surface area contributed by atoms with Gasteiger partial charge in [0.25, 0.3) is 5.91 Å². The summed E-state index contributed by atoms with van der Waals surface area (Å²) in [5, 5.41) is 8.99. The first-order valence-corrected chi connectivity index (χ1v) is 10.2. The molecule has 4 rings (SSSR count). The van der Waals surface area contributed by atoms with E-state index < -0.39 is 0 Å². The summed E-state index contributed by atoms with van der Waals surface area (Å²) in [6.45, 7) is 0. The second kappa shape index (κ2) is 8.33. The maximum atomic E-state index is 12.4. The highest BCUT2D eigenvalue weighted by Crippen LogP contribution is 2.27. The Labute approximate surface area is 174 Å². The van der Waals surface area contributed by atoms with Crippen LogP contribution in [0.25, 0.3) is 11.3 Å². The number of nitrogens with one attached hydrogen (secondary N) is 2. The van der Waals surface area contributed by atoms with E-state index in [0.717, 1.165) is 32.2 Å². The van der Waals surface area contributed by atoms with Gasteiger partial charge in [-0.3, -0.25) is 9.78 Å². The number of anilines is 3. The van der Waals surface area contributed by atoms with Crippen LogP contribution in [0.3, 0.4) is 0 Å². The molecular formula is C21H15BrN4OS. The fourth-order valence-electron chi connectivity index (χ4n) is 2.59. The predicted molar refractivity (Wildman–Crippen MR) is 117 cm³/mol. The maximum absolute atomic E-state index is 12.4. The summed E-state index contributed by atoms with van der Waals surface area (Å²) in [4.78, 5) is 21.0. The van der Waals surface area contributed by atoms with Gasteiger partial charge in [-0.1, -0.05) is 12.1 Å². The first-order valence-electron chi connectivity index (χ1n) is 8.48. The van der Waals surface area contributed by atoms with Crippen molar-refractivity contribution in [1.82, 2.24) is 9.97 Å². The molecule has 2 heterocycles. The molecule has 5 nitrogen and oxygen atoms in total. The summed E-state index contributed by atoms with van der Waals surface area (Å²) < 4.78 is 0.763. The average Bonchev–Trinajstić information content (AvgIpc) is 3.19. The van der Waals surface area contributed by atoms with E-state index in [9.17, 15) is 4.79 Å². The van der Waals surface area contributed by atoms with Crippen molar-refractivity contribution < 1.29 is 4.79 Å². The number of amides is 1. The van der Waals surface area contributed by atoms with E-state index >= 15 is 0 Å². The molecule has 4 aromatic rings. The van der Waals surface area contributed by atoms with Crippen molar-refractivity contribution >= 4 is 49.7 Å². The minimum atomic E-state index is -0.157. The zero-order valence-corrected chi connectivity index (χ0v) is 17.0. The Balaban J connectivity index is 1.42. The van der Waals surface area contributed by atoms with Crippen LogP contribution in [0.15, 0.2) is 82.9 Å². The van der Waals surface area contributed by atoms with Crippen LogP contribution >= 0.6 is 27.3 Å². The largest absolute Gasteiger partial charge is 0.332 e. The number of hydrogen-bond acceptors (Lipinski definition) is 5. The maximum Gasteiger partial charge on any atom is 0.256 e. The monoisotopic (exact) mass is 450 g/mol. The molecule has 2 aromatic carbocycles. The summed E-state index contributed by atoms with van der Waals surface area (Å²) >= 11 is 4.93. The molecule has 2 N–H and O–H groups in total. The highest BCUT2D eigenvalue weighted by molar-refractivity contribution is 9.10. The Hall–Kier alpha value is -3.03. The molecule has 0 atom stereocenters. The first-order chi connectivity index (χ1) is 13.7. The van der Waals surface area contributed by atoms with Gasteiger partial charge in [-0.15, -0.1) is 11.3 Å². The smallest absolute Gasteiger partial charge is 0.256 e. The highest BCUT2D eigenvalue weighted by Gasteiger charge is 2.10. The van der Waals surface area contributed by atoms with Gasteiger partial charge < -0.3 is 10.6 Å². The number of nitrogens with zero attached hydrogens (tertiary/aromatic N) is 2. The van der Waals surface area contributed by atoms with Crippen molar-refractivity contribution in [3.8, 4) is 11.3 Å². The van der Waals surface area contributed by atoms with Gasteiger partial charge in [-0.05, 0) is 64.5 Å². The van der Waals surface area contributed by atoms with Crippen molar-refractivity contribution in [1.29, 1.82) is 0 Å². The number of carbonyl (C=O) groups is 1. The molecule has 0 unspecified atom stereocenters. The average molecular weight is 451 g/mol. The van der Waals surface area contributed by atoms with E-state index in [-0.39, 0.29) is 5.91 Å². The molecule has 0 aliphatic heterocycles. The summed E-state index contributed by atoms with van der Waals surface area (Å²) in [5.74, 6) is -0.157. The van der Waals surface area contributed by atoms with Gasteiger partial charge in [-0.2, -0.15) is 0 Å². The Morgan fingerprint density at radius 1 is 0.929 bits per heavy atom. The van der Waals surface area contributed by atoms with Gasteiger partial charge in [0, 0.05) is 39.2 Å². The van der Waals surface area contributed by atoms with Crippen LogP contribution in [0.5, 0.6) is 0 Å². The zero-order chi connectivity index (χ0) is 19.3. The lowest BCUT2D eigenvalue weighted by Gasteiger charge is -2.08. The third kappa shape index (κ3) is 4.27. The number of hydrogen-bond donors (Lipinski definition) is 2. The lowest BCUT2D eigenvalue weighted by molar-refractivity contribution is 0.102. The molecule has 0 saturated heterocycles. The van der Waals surface area contributed by atoms with E-state index in [1.54, 1.807) is 18.5 Å². The van der Waals surface area contributed by atoms with Crippen LogP contribution in [0.4, 0.5) is 16.5 Å². The number of benzene rings is 2. The minimum absolute atomic E-state index is 0.157. The van der Waals surface area contributed by atoms with Crippen molar-refractivity contribution in [3.63, 3.8) is 0 Å². The SMILES string of the molecule is O=C(Nc1ccc(Nc2nc(-c3ccncc3)cs2)cc1)c1ccccc1Br. The van der Waals surface area contributed by atoms with Crippen LogP contribution < -0.4 is 10.6 Å². The number of aromatic nitrogens is 2. The molecule has 0 radical (unpaired) electrons. The molecule has 1 amide bonds. The first kappa shape index (κ1) is 18.3. The standard InChI is InChI=1S/C21H15BrN4OS/c22-18-4-2-1-3-17(18)20(27)24-15-5-7-16(8-6-15)25-21-26-19(13-28-21)14-9-11-23-12-10-14/h1-13H,(H,24,27)(H,25,26). The van der Waals surface area contributed by atoms with Gasteiger partial charge in [0.05, 0.1) is 11.3 Å². The normalized spacial score (nSPS) is 10.5. The fourth-order valence-corrected chi connectivity index (χ4v) is 3.80. The number of halogens is 1. The van der Waals surface area contributed by atoms with Gasteiger partial charge in [-0.25, -0.2) is 4.98 Å². The Bertz CT molecular complexity index is 1100. The predicted octanol–water partition coefficient (Wildman–Crippen LogP) is 5.96. The van der Waals surface area contributed by atoms with Gasteiger partial charge >= 0.3 is 0 Å². The van der Waals surface area contributed by atoms with Crippen molar-refractivity contribution in [2.45, 2.75) is 0 Å².